The fraction of sp³-hybridized carbons (Fsp3) is 0.238. The third-order valence-electron chi connectivity index (χ3n) is 3.35. The quantitative estimate of drug-likeness (QED) is 0.444. The normalized spacial score (nSPS) is 9.72. The van der Waals surface area contributed by atoms with Crippen molar-refractivity contribution in [2.75, 3.05) is 13.2 Å². The summed E-state index contributed by atoms with van der Waals surface area (Å²) in [7, 11) is 0. The van der Waals surface area contributed by atoms with Crippen LogP contribution in [0.5, 0.6) is 11.5 Å². The van der Waals surface area contributed by atoms with Crippen molar-refractivity contribution in [3.05, 3.63) is 59.2 Å². The number of hydrogen-bond donors (Lipinski definition) is 2. The summed E-state index contributed by atoms with van der Waals surface area (Å²) >= 11 is 0. The highest BCUT2D eigenvalue weighted by atomic mass is 16.5. The maximum absolute atomic E-state index is 12.0. The van der Waals surface area contributed by atoms with Crippen LogP contribution in [-0.2, 0) is 9.53 Å². The highest BCUT2D eigenvalue weighted by Gasteiger charge is 2.15. The first-order valence-corrected chi connectivity index (χ1v) is 8.65. The monoisotopic (exact) mass is 393 g/mol. The van der Waals surface area contributed by atoms with Crippen molar-refractivity contribution in [3.8, 4) is 23.3 Å². The van der Waals surface area contributed by atoms with Gasteiger partial charge in [-0.3, -0.25) is 9.59 Å². The minimum Gasteiger partial charge on any atom is -0.505 e. The third-order valence-corrected chi connectivity index (χ3v) is 3.35. The smallest absolute Gasteiger partial charge is 0.325 e. The zero-order valence-electron chi connectivity index (χ0n) is 15.9. The fourth-order valence-electron chi connectivity index (χ4n) is 2.11. The van der Waals surface area contributed by atoms with Crippen LogP contribution in [-0.4, -0.2) is 41.2 Å². The minimum atomic E-state index is -0.700. The molecule has 0 aliphatic rings. The molecule has 8 heteroatoms. The van der Waals surface area contributed by atoms with Crippen LogP contribution in [0.4, 0.5) is 5.69 Å². The second-order valence-corrected chi connectivity index (χ2v) is 6.01. The summed E-state index contributed by atoms with van der Waals surface area (Å²) in [5.41, 5.74) is 0.695. The lowest BCUT2D eigenvalue weighted by Crippen LogP contribution is -2.32. The van der Waals surface area contributed by atoms with Gasteiger partial charge in [0.2, 0.25) is 0 Å². The van der Waals surface area contributed by atoms with Crippen molar-refractivity contribution in [2.45, 2.75) is 20.0 Å². The number of esters is 1. The van der Waals surface area contributed by atoms with Gasteiger partial charge >= 0.3 is 5.97 Å². The van der Waals surface area contributed by atoms with Crippen molar-refractivity contribution < 1.29 is 24.2 Å². The molecule has 1 heterocycles. The molecule has 0 spiro atoms. The van der Waals surface area contributed by atoms with Gasteiger partial charge in [-0.2, -0.15) is 0 Å². The summed E-state index contributed by atoms with van der Waals surface area (Å²) in [6.07, 6.45) is 1.05. The maximum atomic E-state index is 12.0. The van der Waals surface area contributed by atoms with Crippen LogP contribution < -0.4 is 10.1 Å². The first kappa shape index (κ1) is 21.3. The van der Waals surface area contributed by atoms with Crippen LogP contribution in [0.2, 0.25) is 0 Å². The highest BCUT2D eigenvalue weighted by Crippen LogP contribution is 2.18. The SMILES string of the molecule is [C-]#[N+]c1ccc(OCC#Cc2cnc(C(=O)NCC(=O)OC(C)C)c(O)c2)cc1. The summed E-state index contributed by atoms with van der Waals surface area (Å²) < 4.78 is 10.3. The third kappa shape index (κ3) is 6.89. The van der Waals surface area contributed by atoms with Crippen molar-refractivity contribution in [2.24, 2.45) is 0 Å². The van der Waals surface area contributed by atoms with Crippen LogP contribution in [0.3, 0.4) is 0 Å². The highest BCUT2D eigenvalue weighted by molar-refractivity contribution is 5.96. The first-order chi connectivity index (χ1) is 13.9. The van der Waals surface area contributed by atoms with Gasteiger partial charge < -0.3 is 19.9 Å². The number of nitrogens with zero attached hydrogens (tertiary/aromatic N) is 2. The number of nitrogens with one attached hydrogen (secondary N) is 1. The number of benzene rings is 1. The van der Waals surface area contributed by atoms with Crippen molar-refractivity contribution in [3.63, 3.8) is 0 Å². The number of rotatable bonds is 6. The van der Waals surface area contributed by atoms with Crippen molar-refractivity contribution in [1.82, 2.24) is 10.3 Å². The predicted molar refractivity (Wildman–Crippen MR) is 105 cm³/mol. The molecule has 0 aliphatic heterocycles. The van der Waals surface area contributed by atoms with Crippen LogP contribution >= 0.6 is 0 Å². The molecule has 1 aromatic heterocycles. The summed E-state index contributed by atoms with van der Waals surface area (Å²) in [5.74, 6) is 4.47. The van der Waals surface area contributed by atoms with Gasteiger partial charge in [0.1, 0.15) is 24.7 Å². The predicted octanol–water partition coefficient (Wildman–Crippen LogP) is 2.45. The van der Waals surface area contributed by atoms with E-state index in [-0.39, 0.29) is 30.7 Å². The van der Waals surface area contributed by atoms with E-state index in [2.05, 4.69) is 27.0 Å². The maximum Gasteiger partial charge on any atom is 0.325 e. The van der Waals surface area contributed by atoms with Gasteiger partial charge in [0.05, 0.1) is 12.7 Å². The molecule has 0 unspecified atom stereocenters. The van der Waals surface area contributed by atoms with E-state index in [1.807, 2.05) is 0 Å². The summed E-state index contributed by atoms with van der Waals surface area (Å²) in [5, 5.41) is 12.3. The molecule has 0 bridgehead atoms. The van der Waals surface area contributed by atoms with E-state index in [9.17, 15) is 14.7 Å². The lowest BCUT2D eigenvalue weighted by Gasteiger charge is -2.09. The molecule has 0 atom stereocenters. The number of carbonyl (C=O) groups excluding carboxylic acids is 2. The number of amides is 1. The minimum absolute atomic E-state index is 0.0956. The Hall–Kier alpha value is -4.04. The van der Waals surface area contributed by atoms with Crippen molar-refractivity contribution >= 4 is 17.6 Å². The van der Waals surface area contributed by atoms with Gasteiger partial charge in [-0.25, -0.2) is 9.83 Å². The lowest BCUT2D eigenvalue weighted by atomic mass is 10.2. The second kappa shape index (κ2) is 10.3. The molecule has 0 radical (unpaired) electrons. The fourth-order valence-corrected chi connectivity index (χ4v) is 2.11. The Balaban J connectivity index is 1.90. The van der Waals surface area contributed by atoms with E-state index in [0.29, 0.717) is 17.0 Å². The average Bonchev–Trinajstić information content (AvgIpc) is 2.69. The van der Waals surface area contributed by atoms with Crippen LogP contribution in [0, 0.1) is 18.4 Å². The number of pyridine rings is 1. The van der Waals surface area contributed by atoms with Gasteiger partial charge in [0, 0.05) is 11.8 Å². The number of aromatic nitrogens is 1. The van der Waals surface area contributed by atoms with Gasteiger partial charge in [-0.05, 0) is 32.0 Å². The molecule has 148 valence electrons. The molecule has 0 fully saturated rings. The Morgan fingerprint density at radius 1 is 1.31 bits per heavy atom. The Morgan fingerprint density at radius 2 is 2.03 bits per heavy atom. The molecule has 2 N–H and O–H groups in total. The molecule has 0 aliphatic carbocycles. The van der Waals surface area contributed by atoms with Gasteiger partial charge in [0.15, 0.2) is 11.4 Å². The zero-order valence-corrected chi connectivity index (χ0v) is 15.9. The number of hydrogen-bond acceptors (Lipinski definition) is 6. The van der Waals surface area contributed by atoms with Crippen LogP contribution in [0.1, 0.15) is 29.9 Å². The summed E-state index contributed by atoms with van der Waals surface area (Å²) in [6.45, 7) is 10.1. The summed E-state index contributed by atoms with van der Waals surface area (Å²) in [6, 6.07) is 7.93. The first-order valence-electron chi connectivity index (χ1n) is 8.65. The lowest BCUT2D eigenvalue weighted by molar-refractivity contribution is -0.146. The standard InChI is InChI=1S/C21H19N3O5/c1-14(2)29-19(26)13-24-21(27)20-18(25)11-15(12-23-20)5-4-10-28-17-8-6-16(22-3)7-9-17/h6-9,11-12,14,25H,10,13H2,1-2H3,(H,24,27). The topological polar surface area (TPSA) is 102 Å². The van der Waals surface area contributed by atoms with E-state index in [1.54, 1.807) is 38.1 Å². The van der Waals surface area contributed by atoms with Crippen molar-refractivity contribution in [1.29, 1.82) is 0 Å². The Kier molecular flexibility index (Phi) is 7.58. The van der Waals surface area contributed by atoms with E-state index in [1.165, 1.54) is 12.3 Å². The van der Waals surface area contributed by atoms with E-state index in [4.69, 9.17) is 16.0 Å². The molecule has 0 saturated carbocycles. The Labute approximate surface area is 168 Å². The molecule has 2 aromatic rings. The molecule has 1 amide bonds. The van der Waals surface area contributed by atoms with E-state index < -0.39 is 11.9 Å². The van der Waals surface area contributed by atoms with Gasteiger partial charge in [-0.15, -0.1) is 0 Å². The largest absolute Gasteiger partial charge is 0.505 e. The summed E-state index contributed by atoms with van der Waals surface area (Å²) in [4.78, 5) is 30.6. The molecular weight excluding hydrogens is 374 g/mol. The zero-order chi connectivity index (χ0) is 21.2. The molecular formula is C21H19N3O5. The van der Waals surface area contributed by atoms with Crippen LogP contribution in [0.15, 0.2) is 36.5 Å². The second-order valence-electron chi connectivity index (χ2n) is 6.01. The average molecular weight is 393 g/mol. The van der Waals surface area contributed by atoms with E-state index in [0.717, 1.165) is 0 Å². The van der Waals surface area contributed by atoms with E-state index >= 15 is 0 Å². The molecule has 0 saturated heterocycles. The van der Waals surface area contributed by atoms with Gasteiger partial charge in [0.25, 0.3) is 5.91 Å². The van der Waals surface area contributed by atoms with Gasteiger partial charge in [-0.1, -0.05) is 24.0 Å². The Bertz CT molecular complexity index is 982. The number of ether oxygens (including phenoxy) is 2. The Morgan fingerprint density at radius 3 is 2.66 bits per heavy atom. The number of carbonyl (C=O) groups is 2. The molecule has 1 aromatic carbocycles. The number of aromatic hydroxyl groups is 1. The molecule has 2 rings (SSSR count). The molecule has 29 heavy (non-hydrogen) atoms. The van der Waals surface area contributed by atoms with Crippen LogP contribution in [0.25, 0.3) is 4.85 Å². The molecule has 8 nitrogen and oxygen atoms in total.